The molecule has 1 aliphatic rings. The highest BCUT2D eigenvalue weighted by molar-refractivity contribution is 8.13. The molecule has 2 atom stereocenters. The van der Waals surface area contributed by atoms with E-state index in [0.717, 1.165) is 5.57 Å². The standard InChI is InChI=1S/C18H26ClN3O3S/c1-6-12(9-14(19)15(7-2)24-4)10-20-16-13(17(23)25-8-3)11-21-18(22-16)26-5/h6,9,11,13,16,20H,1,7-8,10H2,2-5H3. The zero-order valence-electron chi connectivity index (χ0n) is 15.6. The topological polar surface area (TPSA) is 72.3 Å². The predicted molar refractivity (Wildman–Crippen MR) is 110 cm³/mol. The molecule has 1 heterocycles. The van der Waals surface area contributed by atoms with Crippen molar-refractivity contribution in [1.29, 1.82) is 0 Å². The van der Waals surface area contributed by atoms with E-state index < -0.39 is 12.1 Å². The Balaban J connectivity index is 2.92. The van der Waals surface area contributed by atoms with Crippen LogP contribution >= 0.6 is 23.4 Å². The van der Waals surface area contributed by atoms with Gasteiger partial charge >= 0.3 is 5.97 Å². The summed E-state index contributed by atoms with van der Waals surface area (Å²) in [5.41, 5.74) is 0.851. The van der Waals surface area contributed by atoms with E-state index in [-0.39, 0.29) is 5.97 Å². The molecule has 1 aliphatic heterocycles. The van der Waals surface area contributed by atoms with Gasteiger partial charge in [-0.1, -0.05) is 42.9 Å². The number of carbonyl (C=O) groups excluding carboxylic acids is 1. The van der Waals surface area contributed by atoms with E-state index in [1.54, 1.807) is 32.4 Å². The number of ether oxygens (including phenoxy) is 2. The van der Waals surface area contributed by atoms with E-state index in [9.17, 15) is 4.79 Å². The molecular formula is C18H26ClN3O3S. The Morgan fingerprint density at radius 3 is 2.77 bits per heavy atom. The van der Waals surface area contributed by atoms with Crippen molar-refractivity contribution in [2.45, 2.75) is 26.4 Å². The lowest BCUT2D eigenvalue weighted by atomic mass is 10.1. The van der Waals surface area contributed by atoms with Crippen LogP contribution in [0.15, 0.2) is 45.1 Å². The molecule has 0 spiro atoms. The number of allylic oxidation sites excluding steroid dienone is 3. The number of hydrogen-bond acceptors (Lipinski definition) is 7. The van der Waals surface area contributed by atoms with E-state index in [4.69, 9.17) is 21.1 Å². The van der Waals surface area contributed by atoms with Gasteiger partial charge in [-0.05, 0) is 24.8 Å². The molecule has 0 fully saturated rings. The third kappa shape index (κ3) is 6.63. The van der Waals surface area contributed by atoms with E-state index in [2.05, 4.69) is 21.9 Å². The second-order valence-corrected chi connectivity index (χ2v) is 6.43. The van der Waals surface area contributed by atoms with E-state index in [1.807, 2.05) is 13.2 Å². The fourth-order valence-corrected chi connectivity index (χ4v) is 2.96. The molecule has 0 amide bonds. The molecule has 0 aliphatic carbocycles. The van der Waals surface area contributed by atoms with Gasteiger partial charge in [-0.2, -0.15) is 0 Å². The molecule has 0 aromatic carbocycles. The van der Waals surface area contributed by atoms with Gasteiger partial charge in [-0.15, -0.1) is 0 Å². The van der Waals surface area contributed by atoms with Gasteiger partial charge in [0.1, 0.15) is 17.8 Å². The summed E-state index contributed by atoms with van der Waals surface area (Å²) >= 11 is 7.70. The Labute approximate surface area is 164 Å². The van der Waals surface area contributed by atoms with Crippen LogP contribution in [0.5, 0.6) is 0 Å². The van der Waals surface area contributed by atoms with Gasteiger partial charge in [-0.3, -0.25) is 10.1 Å². The number of carbonyl (C=O) groups is 1. The highest BCUT2D eigenvalue weighted by Crippen LogP contribution is 2.19. The lowest BCUT2D eigenvalue weighted by Crippen LogP contribution is -2.43. The van der Waals surface area contributed by atoms with Crippen molar-refractivity contribution in [2.24, 2.45) is 15.9 Å². The first-order valence-electron chi connectivity index (χ1n) is 8.32. The summed E-state index contributed by atoms with van der Waals surface area (Å²) in [7, 11) is 1.59. The Hall–Kier alpha value is -1.57. The molecule has 2 unspecified atom stereocenters. The molecule has 0 saturated carbocycles. The van der Waals surface area contributed by atoms with Gasteiger partial charge in [0, 0.05) is 19.2 Å². The zero-order chi connectivity index (χ0) is 19.5. The Morgan fingerprint density at radius 2 is 2.23 bits per heavy atom. The first-order valence-corrected chi connectivity index (χ1v) is 9.92. The number of rotatable bonds is 9. The van der Waals surface area contributed by atoms with Crippen LogP contribution in [0.3, 0.4) is 0 Å². The van der Waals surface area contributed by atoms with Crippen LogP contribution in [-0.4, -0.2) is 50.0 Å². The normalized spacial score (nSPS) is 21.0. The number of esters is 1. The highest BCUT2D eigenvalue weighted by atomic mass is 35.5. The van der Waals surface area contributed by atoms with Crippen LogP contribution in [0.2, 0.25) is 0 Å². The van der Waals surface area contributed by atoms with E-state index in [1.165, 1.54) is 11.8 Å². The van der Waals surface area contributed by atoms with Gasteiger partial charge in [0.25, 0.3) is 0 Å². The molecule has 6 nitrogen and oxygen atoms in total. The average molecular weight is 400 g/mol. The second kappa shape index (κ2) is 11.9. The van der Waals surface area contributed by atoms with Crippen molar-refractivity contribution in [2.75, 3.05) is 26.5 Å². The lowest BCUT2D eigenvalue weighted by Gasteiger charge is -2.24. The van der Waals surface area contributed by atoms with Crippen molar-refractivity contribution < 1.29 is 14.3 Å². The van der Waals surface area contributed by atoms with Crippen LogP contribution in [0, 0.1) is 5.92 Å². The first kappa shape index (κ1) is 22.5. The monoisotopic (exact) mass is 399 g/mol. The maximum absolute atomic E-state index is 12.2. The smallest absolute Gasteiger partial charge is 0.317 e. The molecule has 1 rings (SSSR count). The highest BCUT2D eigenvalue weighted by Gasteiger charge is 2.30. The van der Waals surface area contributed by atoms with E-state index in [0.29, 0.717) is 35.5 Å². The molecule has 0 aromatic rings. The van der Waals surface area contributed by atoms with Gasteiger partial charge in [0.05, 0.1) is 18.7 Å². The van der Waals surface area contributed by atoms with Crippen molar-refractivity contribution in [3.63, 3.8) is 0 Å². The summed E-state index contributed by atoms with van der Waals surface area (Å²) in [6.45, 7) is 8.29. The maximum Gasteiger partial charge on any atom is 0.317 e. The van der Waals surface area contributed by atoms with Crippen LogP contribution < -0.4 is 5.32 Å². The molecule has 26 heavy (non-hydrogen) atoms. The minimum atomic E-state index is -0.576. The Morgan fingerprint density at radius 1 is 1.50 bits per heavy atom. The van der Waals surface area contributed by atoms with Crippen LogP contribution in [0.1, 0.15) is 20.3 Å². The van der Waals surface area contributed by atoms with Gasteiger partial charge in [0.15, 0.2) is 5.17 Å². The summed E-state index contributed by atoms with van der Waals surface area (Å²) in [6, 6.07) is 0. The average Bonchev–Trinajstić information content (AvgIpc) is 2.65. The summed E-state index contributed by atoms with van der Waals surface area (Å²) < 4.78 is 10.4. The van der Waals surface area contributed by atoms with E-state index >= 15 is 0 Å². The fourth-order valence-electron chi connectivity index (χ4n) is 2.22. The molecule has 8 heteroatoms. The number of aliphatic imine (C=N–C) groups is 2. The number of halogens is 1. The largest absolute Gasteiger partial charge is 0.500 e. The Kier molecular flexibility index (Phi) is 10.3. The van der Waals surface area contributed by atoms with Crippen LogP contribution in [0.4, 0.5) is 0 Å². The quantitative estimate of drug-likeness (QED) is 0.365. The van der Waals surface area contributed by atoms with Crippen LogP contribution in [-0.2, 0) is 14.3 Å². The Bertz CT molecular complexity index is 623. The number of nitrogens with zero attached hydrogens (tertiary/aromatic N) is 2. The number of hydrogen-bond donors (Lipinski definition) is 1. The van der Waals surface area contributed by atoms with Crippen molar-refractivity contribution in [3.8, 4) is 0 Å². The molecule has 0 aromatic heterocycles. The molecule has 144 valence electrons. The fraction of sp³-hybridized carbons (Fsp3) is 0.500. The number of nitrogens with one attached hydrogen (secondary N) is 1. The summed E-state index contributed by atoms with van der Waals surface area (Å²) in [6.07, 6.45) is 7.18. The summed E-state index contributed by atoms with van der Waals surface area (Å²) in [5.74, 6) is -0.233. The molecular weight excluding hydrogens is 374 g/mol. The second-order valence-electron chi connectivity index (χ2n) is 5.25. The minimum Gasteiger partial charge on any atom is -0.500 e. The third-order valence-corrected chi connectivity index (χ3v) is 4.50. The van der Waals surface area contributed by atoms with Crippen molar-refractivity contribution in [3.05, 3.63) is 35.1 Å². The zero-order valence-corrected chi connectivity index (χ0v) is 17.2. The van der Waals surface area contributed by atoms with Crippen LogP contribution in [0.25, 0.3) is 0 Å². The molecule has 0 radical (unpaired) electrons. The van der Waals surface area contributed by atoms with Gasteiger partial charge in [-0.25, -0.2) is 9.98 Å². The van der Waals surface area contributed by atoms with Crippen molar-refractivity contribution >= 4 is 40.7 Å². The first-order chi connectivity index (χ1) is 12.5. The third-order valence-electron chi connectivity index (χ3n) is 3.60. The summed E-state index contributed by atoms with van der Waals surface area (Å²) in [5, 5.41) is 4.38. The molecule has 0 saturated heterocycles. The molecule has 0 bridgehead atoms. The van der Waals surface area contributed by atoms with Crippen molar-refractivity contribution in [1.82, 2.24) is 5.32 Å². The number of methoxy groups -OCH3 is 1. The maximum atomic E-state index is 12.2. The number of amidine groups is 1. The molecule has 1 N–H and O–H groups in total. The van der Waals surface area contributed by atoms with Gasteiger partial charge in [0.2, 0.25) is 0 Å². The predicted octanol–water partition coefficient (Wildman–Crippen LogP) is 3.50. The minimum absolute atomic E-state index is 0.310. The number of thioether (sulfide) groups is 1. The summed E-state index contributed by atoms with van der Waals surface area (Å²) in [4.78, 5) is 20.8. The SMILES string of the molecule is C=CC(=CC(Cl)=C(CC)OC)CNC1N=C(SC)N=CC1C(=O)OCC. The lowest BCUT2D eigenvalue weighted by molar-refractivity contribution is -0.146. The van der Waals surface area contributed by atoms with Gasteiger partial charge < -0.3 is 9.47 Å².